The molecule has 0 aliphatic carbocycles. The van der Waals surface area contributed by atoms with E-state index >= 15 is 0 Å². The van der Waals surface area contributed by atoms with E-state index in [1.165, 1.54) is 22.3 Å². The minimum Gasteiger partial charge on any atom is -0.491 e. The van der Waals surface area contributed by atoms with Crippen LogP contribution in [0.2, 0.25) is 0 Å². The molecule has 0 bridgehead atoms. The van der Waals surface area contributed by atoms with Crippen LogP contribution >= 0.6 is 0 Å². The van der Waals surface area contributed by atoms with Crippen molar-refractivity contribution in [2.75, 3.05) is 13.2 Å². The van der Waals surface area contributed by atoms with Gasteiger partial charge in [0.2, 0.25) is 0 Å². The van der Waals surface area contributed by atoms with Gasteiger partial charge >= 0.3 is 0 Å². The third-order valence-electron chi connectivity index (χ3n) is 4.64. The van der Waals surface area contributed by atoms with Crippen LogP contribution in [0.15, 0.2) is 78.9 Å². The van der Waals surface area contributed by atoms with Gasteiger partial charge < -0.3 is 9.47 Å². The van der Waals surface area contributed by atoms with Crippen LogP contribution in [0.25, 0.3) is 11.1 Å². The number of aryl methyl sites for hydroxylation is 2. The summed E-state index contributed by atoms with van der Waals surface area (Å²) >= 11 is 0. The van der Waals surface area contributed by atoms with Crippen LogP contribution in [0.1, 0.15) is 66.5 Å². The molecular weight excluding hydrogens is 404 g/mol. The Balaban J connectivity index is 0.000000526. The maximum absolute atomic E-state index is 5.40. The summed E-state index contributed by atoms with van der Waals surface area (Å²) in [4.78, 5) is 0. The van der Waals surface area contributed by atoms with Crippen LogP contribution in [-0.4, -0.2) is 19.3 Å². The molecule has 0 amide bonds. The molecule has 3 aromatic rings. The highest BCUT2D eigenvalue weighted by Gasteiger charge is 2.22. The van der Waals surface area contributed by atoms with Crippen molar-refractivity contribution in [3.05, 3.63) is 90.0 Å². The summed E-state index contributed by atoms with van der Waals surface area (Å²) in [6.45, 7) is 17.9. The molecule has 4 rings (SSSR count). The Labute approximate surface area is 204 Å². The Hall–Kier alpha value is -2.58. The van der Waals surface area contributed by atoms with E-state index in [1.807, 2.05) is 71.9 Å². The van der Waals surface area contributed by atoms with Gasteiger partial charge in [-0.3, -0.25) is 0 Å². The third-order valence-corrected chi connectivity index (χ3v) is 4.64. The van der Waals surface area contributed by atoms with Crippen molar-refractivity contribution in [2.24, 2.45) is 0 Å². The summed E-state index contributed by atoms with van der Waals surface area (Å²) in [7, 11) is 0. The zero-order chi connectivity index (χ0) is 24.9. The second-order valence-corrected chi connectivity index (χ2v) is 6.68. The number of ether oxygens (including phenoxy) is 2. The van der Waals surface area contributed by atoms with Crippen LogP contribution < -0.4 is 4.74 Å². The van der Waals surface area contributed by atoms with E-state index in [0.29, 0.717) is 12.7 Å². The molecule has 0 N–H and O–H groups in total. The molecule has 1 heterocycles. The molecule has 2 heteroatoms. The summed E-state index contributed by atoms with van der Waals surface area (Å²) in [5.74, 6) is 0.919. The quantitative estimate of drug-likeness (QED) is 0.349. The molecule has 1 saturated heterocycles. The molecule has 0 aromatic heterocycles. The molecule has 1 fully saturated rings. The van der Waals surface area contributed by atoms with E-state index < -0.39 is 0 Å². The molecule has 1 atom stereocenters. The number of para-hydroxylation sites is 1. The highest BCUT2D eigenvalue weighted by Crippen LogP contribution is 2.20. The van der Waals surface area contributed by atoms with Gasteiger partial charge in [0.25, 0.3) is 0 Å². The summed E-state index contributed by atoms with van der Waals surface area (Å²) in [6.07, 6.45) is 2.56. The lowest BCUT2D eigenvalue weighted by molar-refractivity contribution is 0.263. The standard InChI is InChI=1S/C16H18.C9H10O2.3C2H6/c1-3-13-5-9-15(10-6-13)16-11-7-14(4-2)8-12-16;1-2-4-8(5-3-1)10-6-9-7-11-9;3*1-2/h5-12H,3-4H2,1-2H3;1-5,9H,6-7H2;3*1-2H3. The fourth-order valence-electron chi connectivity index (χ4n) is 2.74. The van der Waals surface area contributed by atoms with Crippen molar-refractivity contribution in [3.63, 3.8) is 0 Å². The van der Waals surface area contributed by atoms with Gasteiger partial charge in [-0.25, -0.2) is 0 Å². The summed E-state index contributed by atoms with van der Waals surface area (Å²) in [5.41, 5.74) is 5.41. The maximum Gasteiger partial charge on any atom is 0.119 e. The largest absolute Gasteiger partial charge is 0.491 e. The highest BCUT2D eigenvalue weighted by molar-refractivity contribution is 5.63. The summed E-state index contributed by atoms with van der Waals surface area (Å²) < 4.78 is 10.4. The Bertz CT molecular complexity index is 743. The molecule has 0 saturated carbocycles. The van der Waals surface area contributed by atoms with E-state index in [4.69, 9.17) is 9.47 Å². The second-order valence-electron chi connectivity index (χ2n) is 6.68. The molecule has 0 spiro atoms. The van der Waals surface area contributed by atoms with E-state index in [2.05, 4.69) is 62.4 Å². The Morgan fingerprint density at radius 1 is 0.636 bits per heavy atom. The number of benzene rings is 3. The van der Waals surface area contributed by atoms with Gasteiger partial charge in [0.1, 0.15) is 18.5 Å². The lowest BCUT2D eigenvalue weighted by atomic mass is 10.0. The zero-order valence-corrected chi connectivity index (χ0v) is 22.2. The first kappa shape index (κ1) is 30.4. The number of hydrogen-bond donors (Lipinski definition) is 0. The molecule has 1 aliphatic rings. The fraction of sp³-hybridized carbons (Fsp3) is 0.419. The molecule has 1 unspecified atom stereocenters. The lowest BCUT2D eigenvalue weighted by Gasteiger charge is -2.04. The van der Waals surface area contributed by atoms with Crippen LogP contribution in [0.3, 0.4) is 0 Å². The van der Waals surface area contributed by atoms with Crippen LogP contribution in [-0.2, 0) is 17.6 Å². The van der Waals surface area contributed by atoms with E-state index in [-0.39, 0.29) is 0 Å². The maximum atomic E-state index is 5.40. The van der Waals surface area contributed by atoms with E-state index in [9.17, 15) is 0 Å². The monoisotopic (exact) mass is 450 g/mol. The first-order chi connectivity index (χ1) is 16.3. The summed E-state index contributed by atoms with van der Waals surface area (Å²) in [5, 5.41) is 0. The van der Waals surface area contributed by atoms with Gasteiger partial charge in [-0.2, -0.15) is 0 Å². The number of hydrogen-bond acceptors (Lipinski definition) is 2. The number of epoxide rings is 1. The minimum absolute atomic E-state index is 0.343. The molecule has 2 nitrogen and oxygen atoms in total. The topological polar surface area (TPSA) is 21.8 Å². The zero-order valence-electron chi connectivity index (χ0n) is 22.2. The van der Waals surface area contributed by atoms with Crippen molar-refractivity contribution in [1.29, 1.82) is 0 Å². The average molecular weight is 451 g/mol. The van der Waals surface area contributed by atoms with Gasteiger partial charge in [-0.05, 0) is 47.2 Å². The number of rotatable bonds is 6. The van der Waals surface area contributed by atoms with E-state index in [0.717, 1.165) is 25.2 Å². The first-order valence-electron chi connectivity index (χ1n) is 12.8. The lowest BCUT2D eigenvalue weighted by Crippen LogP contribution is -2.03. The van der Waals surface area contributed by atoms with Crippen molar-refractivity contribution < 1.29 is 9.47 Å². The molecule has 0 radical (unpaired) electrons. The molecular formula is C31H46O2. The molecule has 182 valence electrons. The van der Waals surface area contributed by atoms with E-state index in [1.54, 1.807) is 0 Å². The Morgan fingerprint density at radius 2 is 1.03 bits per heavy atom. The van der Waals surface area contributed by atoms with Gasteiger partial charge in [0.15, 0.2) is 0 Å². The molecule has 33 heavy (non-hydrogen) atoms. The summed E-state index contributed by atoms with van der Waals surface area (Å²) in [6, 6.07) is 27.5. The SMILES string of the molecule is CC.CC.CC.CCc1ccc(-c2ccc(CC)cc2)cc1.c1ccc(OCC2CO2)cc1. The second kappa shape index (κ2) is 20.1. The Morgan fingerprint density at radius 3 is 1.36 bits per heavy atom. The first-order valence-corrected chi connectivity index (χ1v) is 12.8. The normalized spacial score (nSPS) is 12.7. The van der Waals surface area contributed by atoms with Crippen LogP contribution in [0.4, 0.5) is 0 Å². The predicted molar refractivity (Wildman–Crippen MR) is 146 cm³/mol. The van der Waals surface area contributed by atoms with Gasteiger partial charge in [0.05, 0.1) is 6.61 Å². The van der Waals surface area contributed by atoms with Gasteiger partial charge in [0, 0.05) is 0 Å². The third kappa shape index (κ3) is 12.9. The average Bonchev–Trinajstić information content (AvgIpc) is 3.77. The molecule has 3 aromatic carbocycles. The van der Waals surface area contributed by atoms with Crippen LogP contribution in [0, 0.1) is 0 Å². The minimum atomic E-state index is 0.343. The van der Waals surface area contributed by atoms with Crippen molar-refractivity contribution in [2.45, 2.75) is 74.3 Å². The smallest absolute Gasteiger partial charge is 0.119 e. The van der Waals surface area contributed by atoms with Crippen molar-refractivity contribution >= 4 is 0 Å². The Kier molecular flexibility index (Phi) is 18.5. The fourth-order valence-corrected chi connectivity index (χ4v) is 2.74. The van der Waals surface area contributed by atoms with Crippen LogP contribution in [0.5, 0.6) is 5.75 Å². The highest BCUT2D eigenvalue weighted by atomic mass is 16.6. The van der Waals surface area contributed by atoms with Crippen molar-refractivity contribution in [3.8, 4) is 16.9 Å². The molecule has 1 aliphatic heterocycles. The predicted octanol–water partition coefficient (Wildman–Crippen LogP) is 9.02. The van der Waals surface area contributed by atoms with Gasteiger partial charge in [-0.1, -0.05) is 122 Å². The van der Waals surface area contributed by atoms with Crippen molar-refractivity contribution in [1.82, 2.24) is 0 Å². The van der Waals surface area contributed by atoms with Gasteiger partial charge in [-0.15, -0.1) is 0 Å².